The molecule has 0 N–H and O–H groups in total. The quantitative estimate of drug-likeness (QED) is 0.130. The van der Waals surface area contributed by atoms with Gasteiger partial charge in [-0.1, -0.05) is 54.1 Å². The Bertz CT molecular complexity index is 1810. The molecule has 1 amide bonds. The molecule has 43 heavy (non-hydrogen) atoms. The number of carbonyl (C=O) groups is 1. The molecule has 1 aliphatic heterocycles. The SMILES string of the molecule is CCOc1ccc(-c2nn(-c3ccccc3)cc2/C=C2\C(=O)N(c3ccccc3)N=C2CSc2ccc(C)cc2)cc1C. The predicted molar refractivity (Wildman–Crippen MR) is 176 cm³/mol. The van der Waals surface area contributed by atoms with Gasteiger partial charge in [0.1, 0.15) is 5.75 Å². The highest BCUT2D eigenvalue weighted by Gasteiger charge is 2.31. The molecule has 0 aliphatic carbocycles. The van der Waals surface area contributed by atoms with Crippen molar-refractivity contribution in [2.24, 2.45) is 5.10 Å². The van der Waals surface area contributed by atoms with Crippen LogP contribution in [0.2, 0.25) is 0 Å². The third-order valence-electron chi connectivity index (χ3n) is 7.16. The molecule has 5 aromatic rings. The number of benzene rings is 4. The highest BCUT2D eigenvalue weighted by atomic mass is 32.2. The minimum atomic E-state index is -0.160. The fraction of sp³-hybridized carbons (Fsp3) is 0.139. The number of hydrogen-bond donors (Lipinski definition) is 0. The Morgan fingerprint density at radius 2 is 1.56 bits per heavy atom. The zero-order valence-corrected chi connectivity index (χ0v) is 25.2. The molecule has 0 radical (unpaired) electrons. The summed E-state index contributed by atoms with van der Waals surface area (Å²) >= 11 is 1.67. The van der Waals surface area contributed by atoms with Crippen LogP contribution in [0.1, 0.15) is 23.6 Å². The van der Waals surface area contributed by atoms with E-state index in [0.717, 1.165) is 50.1 Å². The molecule has 214 valence electrons. The van der Waals surface area contributed by atoms with Gasteiger partial charge in [-0.3, -0.25) is 4.79 Å². The van der Waals surface area contributed by atoms with Crippen LogP contribution in [0.25, 0.3) is 23.0 Å². The zero-order valence-electron chi connectivity index (χ0n) is 24.4. The lowest BCUT2D eigenvalue weighted by Crippen LogP contribution is -2.21. The van der Waals surface area contributed by atoms with E-state index >= 15 is 0 Å². The summed E-state index contributed by atoms with van der Waals surface area (Å²) in [5.41, 5.74) is 7.73. The van der Waals surface area contributed by atoms with Crippen LogP contribution in [0, 0.1) is 13.8 Å². The number of amides is 1. The van der Waals surface area contributed by atoms with E-state index in [1.54, 1.807) is 11.8 Å². The average Bonchev–Trinajstić information content (AvgIpc) is 3.60. The van der Waals surface area contributed by atoms with E-state index in [-0.39, 0.29) is 5.91 Å². The average molecular weight is 585 g/mol. The Morgan fingerprint density at radius 3 is 2.23 bits per heavy atom. The smallest absolute Gasteiger partial charge is 0.280 e. The number of aryl methyl sites for hydroxylation is 2. The van der Waals surface area contributed by atoms with Crippen LogP contribution in [0.4, 0.5) is 5.69 Å². The summed E-state index contributed by atoms with van der Waals surface area (Å²) in [7, 11) is 0. The largest absolute Gasteiger partial charge is 0.494 e. The van der Waals surface area contributed by atoms with E-state index < -0.39 is 0 Å². The van der Waals surface area contributed by atoms with Crippen LogP contribution in [-0.2, 0) is 4.79 Å². The number of anilines is 1. The summed E-state index contributed by atoms with van der Waals surface area (Å²) in [5.74, 6) is 1.24. The molecule has 0 saturated heterocycles. The molecule has 0 spiro atoms. The Hall–Kier alpha value is -4.88. The summed E-state index contributed by atoms with van der Waals surface area (Å²) in [6, 6.07) is 34.0. The lowest BCUT2D eigenvalue weighted by molar-refractivity contribution is -0.114. The first-order chi connectivity index (χ1) is 21.0. The van der Waals surface area contributed by atoms with Gasteiger partial charge in [-0.15, -0.1) is 11.8 Å². The topological polar surface area (TPSA) is 59.7 Å². The van der Waals surface area contributed by atoms with Crippen molar-refractivity contribution in [3.8, 4) is 22.7 Å². The van der Waals surface area contributed by atoms with Crippen molar-refractivity contribution in [3.05, 3.63) is 132 Å². The number of nitrogens with zero attached hydrogens (tertiary/aromatic N) is 4. The minimum Gasteiger partial charge on any atom is -0.494 e. The Labute approximate surface area is 256 Å². The number of ether oxygens (including phenoxy) is 1. The van der Waals surface area contributed by atoms with Gasteiger partial charge < -0.3 is 4.74 Å². The van der Waals surface area contributed by atoms with E-state index in [4.69, 9.17) is 14.9 Å². The van der Waals surface area contributed by atoms with E-state index in [1.807, 2.05) is 104 Å². The Kier molecular flexibility index (Phi) is 8.24. The van der Waals surface area contributed by atoms with Crippen molar-refractivity contribution >= 4 is 35.1 Å². The highest BCUT2D eigenvalue weighted by molar-refractivity contribution is 8.00. The zero-order chi connectivity index (χ0) is 29.8. The lowest BCUT2D eigenvalue weighted by atomic mass is 10.0. The summed E-state index contributed by atoms with van der Waals surface area (Å²) in [5, 5.41) is 11.3. The van der Waals surface area contributed by atoms with Crippen molar-refractivity contribution in [2.75, 3.05) is 17.4 Å². The van der Waals surface area contributed by atoms with Gasteiger partial charge in [-0.25, -0.2) is 4.68 Å². The maximum atomic E-state index is 14.0. The van der Waals surface area contributed by atoms with Gasteiger partial charge in [-0.2, -0.15) is 15.2 Å². The van der Waals surface area contributed by atoms with E-state index in [1.165, 1.54) is 10.6 Å². The molecule has 0 atom stereocenters. The van der Waals surface area contributed by atoms with Crippen LogP contribution >= 0.6 is 11.8 Å². The van der Waals surface area contributed by atoms with Crippen molar-refractivity contribution in [1.29, 1.82) is 0 Å². The number of aromatic nitrogens is 2. The summed E-state index contributed by atoms with van der Waals surface area (Å²) < 4.78 is 7.65. The van der Waals surface area contributed by atoms with Crippen LogP contribution in [-0.4, -0.2) is 33.8 Å². The number of thioether (sulfide) groups is 1. The summed E-state index contributed by atoms with van der Waals surface area (Å²) in [6.45, 7) is 6.69. The second-order valence-corrected chi connectivity index (χ2v) is 11.3. The predicted octanol–water partition coefficient (Wildman–Crippen LogP) is 8.13. The first kappa shape index (κ1) is 28.2. The molecular formula is C36H32N4O2S. The Morgan fingerprint density at radius 1 is 0.860 bits per heavy atom. The van der Waals surface area contributed by atoms with E-state index in [2.05, 4.69) is 37.3 Å². The van der Waals surface area contributed by atoms with Gasteiger partial charge >= 0.3 is 0 Å². The van der Waals surface area contributed by atoms with Gasteiger partial charge in [0.05, 0.1) is 35.0 Å². The maximum Gasteiger partial charge on any atom is 0.280 e. The first-order valence-corrected chi connectivity index (χ1v) is 15.3. The van der Waals surface area contributed by atoms with Gasteiger partial charge in [0.2, 0.25) is 0 Å². The van der Waals surface area contributed by atoms with E-state index in [9.17, 15) is 4.79 Å². The molecule has 6 nitrogen and oxygen atoms in total. The number of hydrogen-bond acceptors (Lipinski definition) is 5. The maximum absolute atomic E-state index is 14.0. The molecule has 1 aromatic heterocycles. The molecule has 2 heterocycles. The number of rotatable bonds is 9. The monoisotopic (exact) mass is 584 g/mol. The second kappa shape index (κ2) is 12.5. The standard InChI is InChI=1S/C36H32N4O2S/c1-4-42-34-20-17-27(21-26(34)3)35-28(23-39(38-35)29-11-7-5-8-12-29)22-32-33(24-43-31-18-15-25(2)16-19-31)37-40(36(32)41)30-13-9-6-10-14-30/h5-23H,4,24H2,1-3H3/b32-22-. The normalized spacial score (nSPS) is 13.9. The summed E-state index contributed by atoms with van der Waals surface area (Å²) in [6.07, 6.45) is 3.92. The molecule has 0 fully saturated rings. The number of carbonyl (C=O) groups excluding carboxylic acids is 1. The molecular weight excluding hydrogens is 552 g/mol. The highest BCUT2D eigenvalue weighted by Crippen LogP contribution is 2.33. The molecule has 0 unspecified atom stereocenters. The molecule has 1 aliphatic rings. The molecule has 7 heteroatoms. The van der Waals surface area contributed by atoms with Crippen LogP contribution in [0.3, 0.4) is 0 Å². The molecule has 6 rings (SSSR count). The first-order valence-electron chi connectivity index (χ1n) is 14.3. The minimum absolute atomic E-state index is 0.160. The molecule has 4 aromatic carbocycles. The third kappa shape index (κ3) is 6.17. The third-order valence-corrected chi connectivity index (χ3v) is 8.19. The van der Waals surface area contributed by atoms with Crippen molar-refractivity contribution in [2.45, 2.75) is 25.7 Å². The lowest BCUT2D eigenvalue weighted by Gasteiger charge is -2.11. The molecule has 0 bridgehead atoms. The van der Waals surface area contributed by atoms with Gasteiger partial charge in [0.15, 0.2) is 0 Å². The van der Waals surface area contributed by atoms with Crippen LogP contribution < -0.4 is 9.75 Å². The Balaban J connectivity index is 1.44. The van der Waals surface area contributed by atoms with E-state index in [0.29, 0.717) is 17.9 Å². The van der Waals surface area contributed by atoms with Crippen LogP contribution in [0.15, 0.2) is 125 Å². The van der Waals surface area contributed by atoms with Crippen molar-refractivity contribution in [3.63, 3.8) is 0 Å². The van der Waals surface area contributed by atoms with Gasteiger partial charge in [0, 0.05) is 28.0 Å². The van der Waals surface area contributed by atoms with Gasteiger partial charge in [-0.05, 0) is 87.0 Å². The van der Waals surface area contributed by atoms with Crippen molar-refractivity contribution < 1.29 is 9.53 Å². The number of hydrazone groups is 1. The second-order valence-electron chi connectivity index (χ2n) is 10.3. The summed E-state index contributed by atoms with van der Waals surface area (Å²) in [4.78, 5) is 15.1. The fourth-order valence-electron chi connectivity index (χ4n) is 4.94. The van der Waals surface area contributed by atoms with Crippen LogP contribution in [0.5, 0.6) is 5.75 Å². The van der Waals surface area contributed by atoms with Gasteiger partial charge in [0.25, 0.3) is 5.91 Å². The fourth-order valence-corrected chi connectivity index (χ4v) is 5.78. The van der Waals surface area contributed by atoms with Crippen molar-refractivity contribution in [1.82, 2.24) is 9.78 Å². The number of para-hydroxylation sites is 2. The molecule has 0 saturated carbocycles.